The van der Waals surface area contributed by atoms with Gasteiger partial charge in [-0.2, -0.15) is 0 Å². The molecule has 142 valence electrons. The molecular weight excluding hydrogens is 352 g/mol. The minimum Gasteiger partial charge on any atom is -0.460 e. The molecule has 7 heteroatoms. The molecule has 1 aromatic rings. The first-order chi connectivity index (χ1) is 12.3. The number of hydrogen-bond donors (Lipinski definition) is 0. The van der Waals surface area contributed by atoms with Crippen LogP contribution >= 0.6 is 0 Å². The number of carbonyl (C=O) groups excluding carboxylic acids is 2. The molecule has 0 aromatic heterocycles. The first-order valence-corrected chi connectivity index (χ1v) is 10.6. The molecular formula is C19H26O6Si. The van der Waals surface area contributed by atoms with Gasteiger partial charge in [-0.25, -0.2) is 9.59 Å². The van der Waals surface area contributed by atoms with Gasteiger partial charge in [-0.3, -0.25) is 0 Å². The lowest BCUT2D eigenvalue weighted by Gasteiger charge is -2.27. The van der Waals surface area contributed by atoms with Crippen LogP contribution in [0.3, 0.4) is 0 Å². The quantitative estimate of drug-likeness (QED) is 0.255. The number of benzene rings is 1. The molecule has 0 N–H and O–H groups in total. The lowest BCUT2D eigenvalue weighted by atomic mass is 10.4. The predicted octanol–water partition coefficient (Wildman–Crippen LogP) is 2.24. The lowest BCUT2D eigenvalue weighted by molar-refractivity contribution is -0.140. The Morgan fingerprint density at radius 1 is 0.846 bits per heavy atom. The summed E-state index contributed by atoms with van der Waals surface area (Å²) in [7, 11) is -2.75. The van der Waals surface area contributed by atoms with Crippen molar-refractivity contribution in [1.29, 1.82) is 0 Å². The second-order valence-corrected chi connectivity index (χ2v) is 8.89. The molecule has 1 aromatic carbocycles. The van der Waals surface area contributed by atoms with Crippen LogP contribution in [0.15, 0.2) is 54.6 Å². The summed E-state index contributed by atoms with van der Waals surface area (Å²) in [5.41, 5.74) is 0.673. The molecule has 0 aliphatic carbocycles. The third-order valence-corrected chi connectivity index (χ3v) is 6.28. The molecule has 0 spiro atoms. The van der Waals surface area contributed by atoms with Gasteiger partial charge in [0.2, 0.25) is 0 Å². The maximum absolute atomic E-state index is 11.4. The van der Waals surface area contributed by atoms with Gasteiger partial charge >= 0.3 is 20.5 Å². The zero-order valence-electron chi connectivity index (χ0n) is 15.6. The third-order valence-electron chi connectivity index (χ3n) is 3.38. The molecule has 0 aliphatic heterocycles. The number of ether oxygens (including phenoxy) is 2. The summed E-state index contributed by atoms with van der Waals surface area (Å²) in [6, 6.07) is 9.55. The van der Waals surface area contributed by atoms with Crippen LogP contribution in [0.25, 0.3) is 0 Å². The van der Waals surface area contributed by atoms with Crippen molar-refractivity contribution in [2.45, 2.75) is 20.4 Å². The van der Waals surface area contributed by atoms with Gasteiger partial charge in [0.05, 0.1) is 13.2 Å². The summed E-state index contributed by atoms with van der Waals surface area (Å²) in [5.74, 6) is -0.909. The normalized spacial score (nSPS) is 10.9. The highest BCUT2D eigenvalue weighted by atomic mass is 28.4. The summed E-state index contributed by atoms with van der Waals surface area (Å²) in [6.07, 6.45) is 0. The Kier molecular flexibility index (Phi) is 8.98. The Hall–Kier alpha value is -2.22. The van der Waals surface area contributed by atoms with Crippen LogP contribution in [0, 0.1) is 0 Å². The molecule has 0 radical (unpaired) electrons. The van der Waals surface area contributed by atoms with Gasteiger partial charge < -0.3 is 18.3 Å². The summed E-state index contributed by atoms with van der Waals surface area (Å²) in [4.78, 5) is 22.8. The molecule has 26 heavy (non-hydrogen) atoms. The first kappa shape index (κ1) is 21.8. The van der Waals surface area contributed by atoms with Crippen molar-refractivity contribution in [1.82, 2.24) is 0 Å². The van der Waals surface area contributed by atoms with E-state index in [1.807, 2.05) is 36.9 Å². The maximum atomic E-state index is 11.4. The molecule has 0 aliphatic rings. The van der Waals surface area contributed by atoms with Crippen LogP contribution in [0.2, 0.25) is 6.55 Å². The zero-order valence-corrected chi connectivity index (χ0v) is 16.6. The van der Waals surface area contributed by atoms with Crippen molar-refractivity contribution >= 4 is 25.7 Å². The van der Waals surface area contributed by atoms with Gasteiger partial charge in [-0.1, -0.05) is 43.5 Å². The fourth-order valence-corrected chi connectivity index (χ4v) is 4.10. The van der Waals surface area contributed by atoms with Crippen molar-refractivity contribution < 1.29 is 27.9 Å². The van der Waals surface area contributed by atoms with E-state index in [9.17, 15) is 9.59 Å². The summed E-state index contributed by atoms with van der Waals surface area (Å²) in [5, 5.41) is 0.928. The van der Waals surface area contributed by atoms with Crippen molar-refractivity contribution in [2.75, 3.05) is 26.4 Å². The number of esters is 2. The summed E-state index contributed by atoms with van der Waals surface area (Å²) >= 11 is 0. The van der Waals surface area contributed by atoms with Gasteiger partial charge in [0.25, 0.3) is 0 Å². The van der Waals surface area contributed by atoms with Crippen LogP contribution in [0.4, 0.5) is 0 Å². The van der Waals surface area contributed by atoms with Gasteiger partial charge in [0.15, 0.2) is 0 Å². The van der Waals surface area contributed by atoms with Crippen LogP contribution < -0.4 is 5.19 Å². The van der Waals surface area contributed by atoms with Crippen molar-refractivity contribution in [2.24, 2.45) is 0 Å². The number of rotatable bonds is 11. The fraction of sp³-hybridized carbons (Fsp3) is 0.368. The van der Waals surface area contributed by atoms with Gasteiger partial charge in [-0.15, -0.1) is 0 Å². The molecule has 0 unspecified atom stereocenters. The SMILES string of the molecule is C=C(C)C(=O)OCCO[Si](C)(OCCOC(=O)C(=C)C)c1ccccc1. The second-order valence-electron chi connectivity index (χ2n) is 5.84. The average Bonchev–Trinajstić information content (AvgIpc) is 2.62. The van der Waals surface area contributed by atoms with Crippen molar-refractivity contribution in [3.63, 3.8) is 0 Å². The standard InChI is InChI=1S/C19H26O6Si/c1-15(2)18(20)22-11-13-24-26(5,17-9-7-6-8-10-17)25-14-12-23-19(21)16(3)4/h6-10H,1,3,11-14H2,2,4-5H3. The Balaban J connectivity index is 2.60. The largest absolute Gasteiger partial charge is 0.460 e. The van der Waals surface area contributed by atoms with E-state index in [0.717, 1.165) is 5.19 Å². The van der Waals surface area contributed by atoms with Crippen LogP contribution in [0.5, 0.6) is 0 Å². The number of carbonyl (C=O) groups is 2. The van der Waals surface area contributed by atoms with E-state index in [0.29, 0.717) is 11.1 Å². The molecule has 0 amide bonds. The van der Waals surface area contributed by atoms with E-state index in [2.05, 4.69) is 13.2 Å². The molecule has 6 nitrogen and oxygen atoms in total. The Labute approximate surface area is 155 Å². The van der Waals surface area contributed by atoms with E-state index in [1.54, 1.807) is 13.8 Å². The van der Waals surface area contributed by atoms with Crippen LogP contribution in [-0.2, 0) is 27.9 Å². The van der Waals surface area contributed by atoms with Gasteiger partial charge in [0, 0.05) is 11.1 Å². The third kappa shape index (κ3) is 7.34. The van der Waals surface area contributed by atoms with Gasteiger partial charge in [0.1, 0.15) is 13.2 Å². The molecule has 0 bridgehead atoms. The monoisotopic (exact) mass is 378 g/mol. The van der Waals surface area contributed by atoms with E-state index in [-0.39, 0.29) is 26.4 Å². The molecule has 0 fully saturated rings. The Morgan fingerprint density at radius 3 is 1.65 bits per heavy atom. The average molecular weight is 378 g/mol. The smallest absolute Gasteiger partial charge is 0.369 e. The number of hydrogen-bond acceptors (Lipinski definition) is 6. The van der Waals surface area contributed by atoms with Crippen molar-refractivity contribution in [3.05, 3.63) is 54.6 Å². The Bertz CT molecular complexity index is 607. The lowest BCUT2D eigenvalue weighted by Crippen LogP contribution is -2.52. The topological polar surface area (TPSA) is 71.1 Å². The highest BCUT2D eigenvalue weighted by Crippen LogP contribution is 2.09. The molecule has 1 rings (SSSR count). The fourth-order valence-electron chi connectivity index (χ4n) is 1.94. The Morgan fingerprint density at radius 2 is 1.27 bits per heavy atom. The van der Waals surface area contributed by atoms with E-state index in [1.165, 1.54) is 0 Å². The van der Waals surface area contributed by atoms with Crippen LogP contribution in [-0.4, -0.2) is 46.9 Å². The van der Waals surface area contributed by atoms with Crippen molar-refractivity contribution in [3.8, 4) is 0 Å². The van der Waals surface area contributed by atoms with E-state index >= 15 is 0 Å². The van der Waals surface area contributed by atoms with Gasteiger partial charge in [-0.05, 0) is 25.6 Å². The minimum atomic E-state index is -2.75. The molecule has 0 heterocycles. The maximum Gasteiger partial charge on any atom is 0.369 e. The molecule has 0 saturated heterocycles. The van der Waals surface area contributed by atoms with E-state index < -0.39 is 20.5 Å². The zero-order chi connectivity index (χ0) is 19.6. The minimum absolute atomic E-state index is 0.106. The second kappa shape index (κ2) is 10.7. The first-order valence-electron chi connectivity index (χ1n) is 8.25. The van der Waals surface area contributed by atoms with E-state index in [4.69, 9.17) is 18.3 Å². The molecule has 0 saturated carbocycles. The predicted molar refractivity (Wildman–Crippen MR) is 101 cm³/mol. The summed E-state index contributed by atoms with van der Waals surface area (Å²) < 4.78 is 22.0. The summed E-state index contributed by atoms with van der Waals surface area (Å²) in [6.45, 7) is 12.7. The molecule has 0 atom stereocenters. The highest BCUT2D eigenvalue weighted by Gasteiger charge is 2.34. The highest BCUT2D eigenvalue weighted by molar-refractivity contribution is 6.79. The van der Waals surface area contributed by atoms with Crippen LogP contribution in [0.1, 0.15) is 13.8 Å².